The Morgan fingerprint density at radius 2 is 1.78 bits per heavy atom. The number of halogens is 1. The molecule has 0 unspecified atom stereocenters. The van der Waals surface area contributed by atoms with E-state index in [1.54, 1.807) is 19.2 Å². The van der Waals surface area contributed by atoms with Crippen LogP contribution in [0.5, 0.6) is 5.75 Å². The summed E-state index contributed by atoms with van der Waals surface area (Å²) in [4.78, 5) is 15.5. The van der Waals surface area contributed by atoms with E-state index in [4.69, 9.17) is 16.3 Å². The number of carbonyl (C=O) groups is 1. The molecule has 0 saturated carbocycles. The number of hydrogen-bond acceptors (Lipinski definition) is 5. The molecule has 0 bridgehead atoms. The summed E-state index contributed by atoms with van der Waals surface area (Å²) in [6, 6.07) is 18.9. The predicted octanol–water partition coefficient (Wildman–Crippen LogP) is 5.06. The Morgan fingerprint density at radius 3 is 2.50 bits per heavy atom. The van der Waals surface area contributed by atoms with Crippen molar-refractivity contribution in [3.63, 3.8) is 0 Å². The van der Waals surface area contributed by atoms with Crippen LogP contribution in [0.4, 0.5) is 22.7 Å². The van der Waals surface area contributed by atoms with Crippen LogP contribution in [0, 0.1) is 6.92 Å². The third-order valence-corrected chi connectivity index (χ3v) is 6.03. The molecule has 4 rings (SSSR count). The van der Waals surface area contributed by atoms with Gasteiger partial charge in [0, 0.05) is 54.3 Å². The van der Waals surface area contributed by atoms with Gasteiger partial charge in [-0.15, -0.1) is 0 Å². The van der Waals surface area contributed by atoms with Crippen molar-refractivity contribution >= 4 is 40.3 Å². The van der Waals surface area contributed by atoms with Crippen molar-refractivity contribution in [2.45, 2.75) is 6.92 Å². The second-order valence-corrected chi connectivity index (χ2v) is 8.09. The second-order valence-electron chi connectivity index (χ2n) is 7.69. The van der Waals surface area contributed by atoms with Gasteiger partial charge in [0.25, 0.3) is 5.91 Å². The molecule has 0 atom stereocenters. The van der Waals surface area contributed by atoms with Gasteiger partial charge in [-0.1, -0.05) is 17.7 Å². The van der Waals surface area contributed by atoms with Gasteiger partial charge in [0.2, 0.25) is 0 Å². The molecule has 1 heterocycles. The van der Waals surface area contributed by atoms with Crippen molar-refractivity contribution in [2.75, 3.05) is 48.8 Å². The Morgan fingerprint density at radius 1 is 1.03 bits per heavy atom. The normalized spacial score (nSPS) is 13.5. The van der Waals surface area contributed by atoms with Gasteiger partial charge < -0.3 is 25.6 Å². The molecule has 166 valence electrons. The van der Waals surface area contributed by atoms with Gasteiger partial charge in [-0.25, -0.2) is 0 Å². The summed E-state index contributed by atoms with van der Waals surface area (Å²) in [6.07, 6.45) is 0. The quantitative estimate of drug-likeness (QED) is 0.489. The van der Waals surface area contributed by atoms with E-state index in [2.05, 4.69) is 20.9 Å². The highest BCUT2D eigenvalue weighted by Gasteiger charge is 2.15. The average molecular weight is 451 g/mol. The predicted molar refractivity (Wildman–Crippen MR) is 132 cm³/mol. The first kappa shape index (κ1) is 22.0. The smallest absolute Gasteiger partial charge is 0.257 e. The van der Waals surface area contributed by atoms with E-state index < -0.39 is 0 Å². The minimum atomic E-state index is -0.204. The minimum Gasteiger partial charge on any atom is -0.497 e. The molecule has 3 N–H and O–H groups in total. The monoisotopic (exact) mass is 450 g/mol. The number of hydrogen-bond donors (Lipinski definition) is 3. The van der Waals surface area contributed by atoms with E-state index in [0.717, 1.165) is 48.8 Å². The summed E-state index contributed by atoms with van der Waals surface area (Å²) in [5, 5.41) is 10.4. The van der Waals surface area contributed by atoms with Crippen LogP contribution >= 0.6 is 11.6 Å². The minimum absolute atomic E-state index is 0.204. The van der Waals surface area contributed by atoms with E-state index in [-0.39, 0.29) is 5.91 Å². The molecule has 6 nitrogen and oxygen atoms in total. The van der Waals surface area contributed by atoms with Crippen molar-refractivity contribution in [2.24, 2.45) is 0 Å². The Labute approximate surface area is 193 Å². The molecule has 3 aromatic rings. The lowest BCUT2D eigenvalue weighted by Crippen LogP contribution is -2.43. The lowest BCUT2D eigenvalue weighted by atomic mass is 10.1. The van der Waals surface area contributed by atoms with Crippen molar-refractivity contribution < 1.29 is 9.53 Å². The molecule has 32 heavy (non-hydrogen) atoms. The molecular weight excluding hydrogens is 424 g/mol. The van der Waals surface area contributed by atoms with Crippen LogP contribution in [0.15, 0.2) is 60.7 Å². The fourth-order valence-electron chi connectivity index (χ4n) is 3.72. The van der Waals surface area contributed by atoms with Crippen molar-refractivity contribution in [1.29, 1.82) is 0 Å². The molecule has 1 amide bonds. The maximum Gasteiger partial charge on any atom is 0.257 e. The molecule has 1 aliphatic rings. The first-order chi connectivity index (χ1) is 15.5. The van der Waals surface area contributed by atoms with Gasteiger partial charge in [0.15, 0.2) is 0 Å². The number of carbonyl (C=O) groups excluding carboxylic acids is 1. The molecule has 1 fully saturated rings. The summed E-state index contributed by atoms with van der Waals surface area (Å²) < 4.78 is 5.36. The van der Waals surface area contributed by atoms with Crippen LogP contribution in [0.1, 0.15) is 15.9 Å². The highest BCUT2D eigenvalue weighted by atomic mass is 35.5. The van der Waals surface area contributed by atoms with Crippen molar-refractivity contribution in [3.05, 3.63) is 76.8 Å². The van der Waals surface area contributed by atoms with E-state index in [9.17, 15) is 4.79 Å². The van der Waals surface area contributed by atoms with E-state index in [1.807, 2.05) is 55.5 Å². The summed E-state index contributed by atoms with van der Waals surface area (Å²) in [5.41, 5.74) is 4.80. The number of methoxy groups -OCH3 is 1. The zero-order valence-electron chi connectivity index (χ0n) is 18.2. The van der Waals surface area contributed by atoms with Gasteiger partial charge in [-0.05, 0) is 61.0 Å². The van der Waals surface area contributed by atoms with E-state index >= 15 is 0 Å². The number of anilines is 4. The summed E-state index contributed by atoms with van der Waals surface area (Å²) in [5.74, 6) is 0.453. The van der Waals surface area contributed by atoms with Crippen LogP contribution in [0.25, 0.3) is 0 Å². The van der Waals surface area contributed by atoms with Crippen LogP contribution in [-0.4, -0.2) is 39.2 Å². The maximum absolute atomic E-state index is 13.1. The number of nitrogens with zero attached hydrogens (tertiary/aromatic N) is 1. The fraction of sp³-hybridized carbons (Fsp3) is 0.240. The third-order valence-electron chi connectivity index (χ3n) is 5.62. The third kappa shape index (κ3) is 4.98. The van der Waals surface area contributed by atoms with E-state index in [1.165, 1.54) is 0 Å². The Bertz CT molecular complexity index is 1100. The van der Waals surface area contributed by atoms with Gasteiger partial charge in [0.1, 0.15) is 5.75 Å². The summed E-state index contributed by atoms with van der Waals surface area (Å²) in [7, 11) is 1.60. The molecular formula is C25H27ClN4O2. The number of amides is 1. The maximum atomic E-state index is 13.1. The first-order valence-electron chi connectivity index (χ1n) is 10.6. The molecule has 0 radical (unpaired) electrons. The SMILES string of the molecule is COc1ccc(C(=O)Nc2ccc(N3CCNCC3)cc2)c(Nc2cccc(Cl)c2C)c1. The van der Waals surface area contributed by atoms with Gasteiger partial charge in [0.05, 0.1) is 18.4 Å². The number of piperazine rings is 1. The van der Waals surface area contributed by atoms with Crippen LogP contribution < -0.4 is 25.6 Å². The highest BCUT2D eigenvalue weighted by molar-refractivity contribution is 6.31. The number of rotatable bonds is 6. The van der Waals surface area contributed by atoms with Crippen LogP contribution in [-0.2, 0) is 0 Å². The molecule has 0 aliphatic carbocycles. The van der Waals surface area contributed by atoms with Crippen molar-refractivity contribution in [1.82, 2.24) is 5.32 Å². The molecule has 7 heteroatoms. The molecule has 1 aliphatic heterocycles. The largest absolute Gasteiger partial charge is 0.497 e. The lowest BCUT2D eigenvalue weighted by molar-refractivity contribution is 0.102. The summed E-state index contributed by atoms with van der Waals surface area (Å²) in [6.45, 7) is 5.87. The molecule has 0 spiro atoms. The average Bonchev–Trinajstić information content (AvgIpc) is 2.83. The second kappa shape index (κ2) is 9.94. The Balaban J connectivity index is 1.54. The van der Waals surface area contributed by atoms with Crippen LogP contribution in [0.2, 0.25) is 5.02 Å². The van der Waals surface area contributed by atoms with Gasteiger partial charge in [-0.3, -0.25) is 4.79 Å². The number of nitrogens with one attached hydrogen (secondary N) is 3. The molecule has 3 aromatic carbocycles. The molecule has 1 saturated heterocycles. The van der Waals surface area contributed by atoms with Gasteiger partial charge >= 0.3 is 0 Å². The van der Waals surface area contributed by atoms with E-state index in [0.29, 0.717) is 22.0 Å². The topological polar surface area (TPSA) is 65.6 Å². The highest BCUT2D eigenvalue weighted by Crippen LogP contribution is 2.31. The zero-order chi connectivity index (χ0) is 22.5. The Kier molecular flexibility index (Phi) is 6.83. The number of ether oxygens (including phenoxy) is 1. The standard InChI is InChI=1S/C25H27ClN4O2/c1-17-22(26)4-3-5-23(17)29-24-16-20(32-2)10-11-21(24)25(31)28-18-6-8-19(9-7-18)30-14-12-27-13-15-30/h3-11,16,27,29H,12-15H2,1-2H3,(H,28,31). The van der Waals surface area contributed by atoms with Gasteiger partial charge in [-0.2, -0.15) is 0 Å². The number of benzene rings is 3. The van der Waals surface area contributed by atoms with Crippen LogP contribution in [0.3, 0.4) is 0 Å². The summed E-state index contributed by atoms with van der Waals surface area (Å²) >= 11 is 6.27. The fourth-order valence-corrected chi connectivity index (χ4v) is 3.89. The zero-order valence-corrected chi connectivity index (χ0v) is 19.0. The first-order valence-corrected chi connectivity index (χ1v) is 11.0. The Hall–Kier alpha value is -3.22. The van der Waals surface area contributed by atoms with Crippen molar-refractivity contribution in [3.8, 4) is 5.75 Å². The molecule has 0 aromatic heterocycles. The lowest BCUT2D eigenvalue weighted by Gasteiger charge is -2.29.